The molecule has 7 heteroatoms. The molecule has 1 aliphatic rings. The number of carbonyl (C=O) groups is 2. The fourth-order valence-electron chi connectivity index (χ4n) is 3.02. The summed E-state index contributed by atoms with van der Waals surface area (Å²) in [5, 5.41) is 11.6. The van der Waals surface area contributed by atoms with Crippen molar-refractivity contribution in [3.63, 3.8) is 0 Å². The monoisotopic (exact) mass is 349 g/mol. The standard InChI is InChI=1S/C18H17F2NO4/c1-10-8-25-14(7-15(22)23)16(10)17(24)21-9-18(4-5-18)12-3-2-11(19)6-13(12)20/h2-3,6,8H,4-5,7,9H2,1H3,(H,21,24)(H,22,23). The van der Waals surface area contributed by atoms with Crippen molar-refractivity contribution in [1.82, 2.24) is 5.32 Å². The fraction of sp³-hybridized carbons (Fsp3) is 0.333. The fourth-order valence-corrected chi connectivity index (χ4v) is 3.02. The number of aryl methyl sites for hydroxylation is 1. The molecule has 0 unspecified atom stereocenters. The van der Waals surface area contributed by atoms with Gasteiger partial charge in [0.15, 0.2) is 0 Å². The molecule has 5 nitrogen and oxygen atoms in total. The number of furan rings is 1. The molecule has 1 aliphatic carbocycles. The van der Waals surface area contributed by atoms with Gasteiger partial charge in [0.1, 0.15) is 23.8 Å². The van der Waals surface area contributed by atoms with Crippen LogP contribution in [0, 0.1) is 18.6 Å². The minimum atomic E-state index is -1.10. The molecule has 1 aromatic carbocycles. The highest BCUT2D eigenvalue weighted by molar-refractivity contribution is 5.97. The van der Waals surface area contributed by atoms with Crippen molar-refractivity contribution in [3.8, 4) is 0 Å². The zero-order valence-electron chi connectivity index (χ0n) is 13.6. The molecule has 132 valence electrons. The summed E-state index contributed by atoms with van der Waals surface area (Å²) in [6, 6.07) is 3.44. The zero-order valence-corrected chi connectivity index (χ0v) is 13.6. The first kappa shape index (κ1) is 17.1. The first-order valence-electron chi connectivity index (χ1n) is 7.85. The Morgan fingerprint density at radius 1 is 1.32 bits per heavy atom. The maximum absolute atomic E-state index is 14.0. The third-order valence-corrected chi connectivity index (χ3v) is 4.53. The van der Waals surface area contributed by atoms with E-state index in [1.165, 1.54) is 18.4 Å². The highest BCUT2D eigenvalue weighted by Gasteiger charge is 2.46. The SMILES string of the molecule is Cc1coc(CC(=O)O)c1C(=O)NCC1(c2ccc(F)cc2F)CC1. The van der Waals surface area contributed by atoms with E-state index in [9.17, 15) is 18.4 Å². The molecule has 0 atom stereocenters. The number of hydrogen-bond donors (Lipinski definition) is 2. The van der Waals surface area contributed by atoms with Gasteiger partial charge in [-0.15, -0.1) is 0 Å². The third kappa shape index (κ3) is 3.40. The van der Waals surface area contributed by atoms with E-state index in [-0.39, 0.29) is 17.9 Å². The van der Waals surface area contributed by atoms with Crippen molar-refractivity contribution in [1.29, 1.82) is 0 Å². The Kier molecular flexibility index (Phi) is 4.32. The van der Waals surface area contributed by atoms with Crippen molar-refractivity contribution < 1.29 is 27.9 Å². The predicted octanol–water partition coefficient (Wildman–Crippen LogP) is 2.95. The molecular weight excluding hydrogens is 332 g/mol. The molecule has 0 saturated heterocycles. The molecular formula is C18H17F2NO4. The number of nitrogens with one attached hydrogen (secondary N) is 1. The van der Waals surface area contributed by atoms with E-state index in [0.29, 0.717) is 24.0 Å². The van der Waals surface area contributed by atoms with Crippen LogP contribution in [0.5, 0.6) is 0 Å². The van der Waals surface area contributed by atoms with E-state index in [0.717, 1.165) is 6.07 Å². The second-order valence-electron chi connectivity index (χ2n) is 6.37. The average molecular weight is 349 g/mol. The van der Waals surface area contributed by atoms with Crippen LogP contribution in [0.4, 0.5) is 8.78 Å². The van der Waals surface area contributed by atoms with Gasteiger partial charge in [-0.3, -0.25) is 9.59 Å². The number of halogens is 2. The van der Waals surface area contributed by atoms with Crippen molar-refractivity contribution in [2.75, 3.05) is 6.54 Å². The summed E-state index contributed by atoms with van der Waals surface area (Å²) in [5.41, 5.74) is 0.561. The predicted molar refractivity (Wildman–Crippen MR) is 84.4 cm³/mol. The topological polar surface area (TPSA) is 79.5 Å². The molecule has 0 spiro atoms. The third-order valence-electron chi connectivity index (χ3n) is 4.53. The number of aliphatic carboxylic acids is 1. The molecule has 25 heavy (non-hydrogen) atoms. The normalized spacial score (nSPS) is 15.0. The van der Waals surface area contributed by atoms with Crippen molar-refractivity contribution in [3.05, 3.63) is 58.5 Å². The van der Waals surface area contributed by atoms with Crippen molar-refractivity contribution in [2.45, 2.75) is 31.6 Å². The molecule has 0 bridgehead atoms. The Morgan fingerprint density at radius 3 is 2.64 bits per heavy atom. The van der Waals surface area contributed by atoms with E-state index >= 15 is 0 Å². The minimum Gasteiger partial charge on any atom is -0.481 e. The molecule has 3 rings (SSSR count). The van der Waals surface area contributed by atoms with E-state index < -0.39 is 35.3 Å². The minimum absolute atomic E-state index is 0.0836. The molecule has 0 aliphatic heterocycles. The van der Waals surface area contributed by atoms with Gasteiger partial charge in [0.05, 0.1) is 11.8 Å². The summed E-state index contributed by atoms with van der Waals surface area (Å²) >= 11 is 0. The van der Waals surface area contributed by atoms with Crippen LogP contribution in [0.1, 0.15) is 40.1 Å². The van der Waals surface area contributed by atoms with Gasteiger partial charge in [0.2, 0.25) is 0 Å². The summed E-state index contributed by atoms with van der Waals surface area (Å²) < 4.78 is 32.3. The number of hydrogen-bond acceptors (Lipinski definition) is 3. The summed E-state index contributed by atoms with van der Waals surface area (Å²) in [6.07, 6.45) is 2.30. The molecule has 1 saturated carbocycles. The average Bonchev–Trinajstić information content (AvgIpc) is 3.23. The summed E-state index contributed by atoms with van der Waals surface area (Å²) in [5.74, 6) is -2.75. The van der Waals surface area contributed by atoms with Gasteiger partial charge in [-0.1, -0.05) is 6.07 Å². The molecule has 1 heterocycles. The smallest absolute Gasteiger partial charge is 0.311 e. The van der Waals surface area contributed by atoms with E-state index in [1.807, 2.05) is 0 Å². The molecule has 1 aromatic heterocycles. The Bertz CT molecular complexity index is 840. The van der Waals surface area contributed by atoms with Crippen LogP contribution in [0.2, 0.25) is 0 Å². The van der Waals surface area contributed by atoms with Crippen LogP contribution in [0.3, 0.4) is 0 Å². The van der Waals surface area contributed by atoms with E-state index in [4.69, 9.17) is 9.52 Å². The highest BCUT2D eigenvalue weighted by Crippen LogP contribution is 2.48. The van der Waals surface area contributed by atoms with Gasteiger partial charge in [-0.2, -0.15) is 0 Å². The van der Waals surface area contributed by atoms with Crippen molar-refractivity contribution >= 4 is 11.9 Å². The van der Waals surface area contributed by atoms with Gasteiger partial charge in [-0.25, -0.2) is 8.78 Å². The lowest BCUT2D eigenvalue weighted by atomic mass is 9.95. The Hall–Kier alpha value is -2.70. The van der Waals surface area contributed by atoms with Crippen LogP contribution < -0.4 is 5.32 Å². The van der Waals surface area contributed by atoms with Crippen LogP contribution in [-0.4, -0.2) is 23.5 Å². The lowest BCUT2D eigenvalue weighted by molar-refractivity contribution is -0.136. The number of carboxylic acids is 1. The number of benzene rings is 1. The highest BCUT2D eigenvalue weighted by atomic mass is 19.1. The number of amides is 1. The molecule has 0 radical (unpaired) electrons. The first-order valence-corrected chi connectivity index (χ1v) is 7.85. The van der Waals surface area contributed by atoms with Crippen LogP contribution >= 0.6 is 0 Å². The van der Waals surface area contributed by atoms with E-state index in [1.54, 1.807) is 6.92 Å². The maximum atomic E-state index is 14.0. The summed E-state index contributed by atoms with van der Waals surface area (Å²) in [7, 11) is 0. The van der Waals surface area contributed by atoms with Crippen LogP contribution in [-0.2, 0) is 16.6 Å². The number of carbonyl (C=O) groups excluding carboxylic acids is 1. The summed E-state index contributed by atoms with van der Waals surface area (Å²) in [6.45, 7) is 1.84. The lowest BCUT2D eigenvalue weighted by Crippen LogP contribution is -2.33. The van der Waals surface area contributed by atoms with Gasteiger partial charge in [0, 0.05) is 23.6 Å². The first-order chi connectivity index (χ1) is 11.8. The Balaban J connectivity index is 1.75. The maximum Gasteiger partial charge on any atom is 0.311 e. The Morgan fingerprint density at radius 2 is 2.04 bits per heavy atom. The lowest BCUT2D eigenvalue weighted by Gasteiger charge is -2.17. The number of carboxylic acid groups (broad SMARTS) is 1. The largest absolute Gasteiger partial charge is 0.481 e. The molecule has 2 N–H and O–H groups in total. The van der Waals surface area contributed by atoms with Gasteiger partial charge >= 0.3 is 5.97 Å². The number of rotatable bonds is 6. The quantitative estimate of drug-likeness (QED) is 0.840. The Labute approximate surface area is 142 Å². The van der Waals surface area contributed by atoms with E-state index in [2.05, 4.69) is 5.32 Å². The van der Waals surface area contributed by atoms with Crippen LogP contribution in [0.15, 0.2) is 28.9 Å². The van der Waals surface area contributed by atoms with Gasteiger partial charge < -0.3 is 14.8 Å². The van der Waals surface area contributed by atoms with Crippen LogP contribution in [0.25, 0.3) is 0 Å². The van der Waals surface area contributed by atoms with Gasteiger partial charge in [-0.05, 0) is 31.4 Å². The zero-order chi connectivity index (χ0) is 18.2. The van der Waals surface area contributed by atoms with Crippen molar-refractivity contribution in [2.24, 2.45) is 0 Å². The summed E-state index contributed by atoms with van der Waals surface area (Å²) in [4.78, 5) is 23.3. The molecule has 1 amide bonds. The second kappa shape index (κ2) is 6.31. The molecule has 2 aromatic rings. The van der Waals surface area contributed by atoms with Gasteiger partial charge in [0.25, 0.3) is 5.91 Å². The second-order valence-corrected chi connectivity index (χ2v) is 6.37. The molecule has 1 fully saturated rings.